The summed E-state index contributed by atoms with van der Waals surface area (Å²) >= 11 is 0. The van der Waals surface area contributed by atoms with Crippen LogP contribution >= 0.6 is 0 Å². The van der Waals surface area contributed by atoms with Crippen LogP contribution in [0.4, 0.5) is 0 Å². The van der Waals surface area contributed by atoms with Gasteiger partial charge in [-0.2, -0.15) is 0 Å². The number of hydrogen-bond donors (Lipinski definition) is 1. The summed E-state index contributed by atoms with van der Waals surface area (Å²) in [6.45, 7) is 9.87. The Bertz CT molecular complexity index is 349. The molecule has 0 aliphatic carbocycles. The molecule has 19 heavy (non-hydrogen) atoms. The first kappa shape index (κ1) is 16.2. The second-order valence-electron chi connectivity index (χ2n) is 6.17. The summed E-state index contributed by atoms with van der Waals surface area (Å²) in [7, 11) is 0. The molecule has 0 aromatic heterocycles. The largest absolute Gasteiger partial charge is 0.386 e. The van der Waals surface area contributed by atoms with Crippen molar-refractivity contribution in [1.82, 2.24) is 0 Å². The minimum Gasteiger partial charge on any atom is -0.386 e. The van der Waals surface area contributed by atoms with Gasteiger partial charge in [-0.3, -0.25) is 0 Å². The summed E-state index contributed by atoms with van der Waals surface area (Å²) in [5, 5.41) is 10.0. The van der Waals surface area contributed by atoms with Crippen LogP contribution in [0.25, 0.3) is 0 Å². The smallest absolute Gasteiger partial charge is 0.102 e. The van der Waals surface area contributed by atoms with Gasteiger partial charge in [0.25, 0.3) is 0 Å². The van der Waals surface area contributed by atoms with Gasteiger partial charge in [-0.25, -0.2) is 0 Å². The molecule has 0 aliphatic heterocycles. The molecule has 0 spiro atoms. The maximum atomic E-state index is 10.0. The number of ether oxygens (including phenoxy) is 1. The number of aliphatic hydroxyl groups is 1. The van der Waals surface area contributed by atoms with Crippen LogP contribution in [0.2, 0.25) is 0 Å². The average molecular weight is 264 g/mol. The molecule has 1 N–H and O–H groups in total. The highest BCUT2D eigenvalue weighted by Crippen LogP contribution is 2.24. The lowest BCUT2D eigenvalue weighted by molar-refractivity contribution is 0.0345. The highest BCUT2D eigenvalue weighted by Gasteiger charge is 2.14. The summed E-state index contributed by atoms with van der Waals surface area (Å²) in [5.74, 6) is 0. The summed E-state index contributed by atoms with van der Waals surface area (Å²) in [5.41, 5.74) is 2.37. The molecule has 1 aromatic carbocycles. The van der Waals surface area contributed by atoms with Crippen LogP contribution in [-0.4, -0.2) is 18.3 Å². The first-order valence-corrected chi connectivity index (χ1v) is 7.31. The van der Waals surface area contributed by atoms with E-state index in [9.17, 15) is 5.11 Å². The van der Waals surface area contributed by atoms with Gasteiger partial charge in [0.05, 0.1) is 6.61 Å². The van der Waals surface area contributed by atoms with Crippen molar-refractivity contribution in [2.75, 3.05) is 13.2 Å². The molecule has 0 amide bonds. The van der Waals surface area contributed by atoms with Crippen molar-refractivity contribution in [3.8, 4) is 0 Å². The fraction of sp³-hybridized carbons (Fsp3) is 0.647. The maximum absolute atomic E-state index is 10.0. The summed E-state index contributed by atoms with van der Waals surface area (Å²) < 4.78 is 5.50. The predicted molar refractivity (Wildman–Crippen MR) is 80.4 cm³/mol. The van der Waals surface area contributed by atoms with Gasteiger partial charge in [-0.15, -0.1) is 0 Å². The van der Waals surface area contributed by atoms with Crippen molar-refractivity contribution < 1.29 is 9.84 Å². The van der Waals surface area contributed by atoms with E-state index in [1.807, 2.05) is 12.1 Å². The molecule has 1 aromatic rings. The molecule has 1 rings (SSSR count). The zero-order chi connectivity index (χ0) is 14.3. The van der Waals surface area contributed by atoms with E-state index in [1.165, 1.54) is 18.4 Å². The van der Waals surface area contributed by atoms with E-state index in [2.05, 4.69) is 39.8 Å². The predicted octanol–water partition coefficient (Wildman–Crippen LogP) is 4.22. The van der Waals surface area contributed by atoms with Crippen molar-refractivity contribution in [2.24, 2.45) is 0 Å². The minimum atomic E-state index is -0.518. The van der Waals surface area contributed by atoms with E-state index >= 15 is 0 Å². The lowest BCUT2D eigenvalue weighted by Crippen LogP contribution is -2.12. The second-order valence-corrected chi connectivity index (χ2v) is 6.17. The van der Waals surface area contributed by atoms with Crippen LogP contribution in [0.3, 0.4) is 0 Å². The molecule has 2 nitrogen and oxygen atoms in total. The van der Waals surface area contributed by atoms with E-state index in [0.29, 0.717) is 6.61 Å². The Kier molecular flexibility index (Phi) is 6.53. The standard InChI is InChI=1S/C17H28O2/c1-5-6-7-12-19-13-16(18)14-8-10-15(11-9-14)17(2,3)4/h8-11,16,18H,5-7,12-13H2,1-4H3. The van der Waals surface area contributed by atoms with Crippen LogP contribution in [0, 0.1) is 0 Å². The number of benzene rings is 1. The molecule has 0 radical (unpaired) electrons. The number of unbranched alkanes of at least 4 members (excludes halogenated alkanes) is 2. The average Bonchev–Trinajstić information content (AvgIpc) is 2.37. The molecule has 0 bridgehead atoms. The van der Waals surface area contributed by atoms with E-state index in [4.69, 9.17) is 4.74 Å². The van der Waals surface area contributed by atoms with Gasteiger partial charge in [0.2, 0.25) is 0 Å². The Hall–Kier alpha value is -0.860. The first-order valence-electron chi connectivity index (χ1n) is 7.31. The molecule has 2 heteroatoms. The third-order valence-electron chi connectivity index (χ3n) is 3.33. The molecule has 0 aliphatic rings. The summed E-state index contributed by atoms with van der Waals surface area (Å²) in [6.07, 6.45) is 2.94. The maximum Gasteiger partial charge on any atom is 0.102 e. The van der Waals surface area contributed by atoms with Crippen LogP contribution in [0.5, 0.6) is 0 Å². The van der Waals surface area contributed by atoms with Gasteiger partial charge < -0.3 is 9.84 Å². The Morgan fingerprint density at radius 1 is 1.11 bits per heavy atom. The van der Waals surface area contributed by atoms with Crippen molar-refractivity contribution in [1.29, 1.82) is 0 Å². The van der Waals surface area contributed by atoms with E-state index in [-0.39, 0.29) is 5.41 Å². The van der Waals surface area contributed by atoms with Gasteiger partial charge in [-0.1, -0.05) is 64.8 Å². The monoisotopic (exact) mass is 264 g/mol. The second kappa shape index (κ2) is 7.66. The van der Waals surface area contributed by atoms with Crippen LogP contribution in [-0.2, 0) is 10.2 Å². The fourth-order valence-corrected chi connectivity index (χ4v) is 1.95. The lowest BCUT2D eigenvalue weighted by Gasteiger charge is -2.20. The topological polar surface area (TPSA) is 29.5 Å². The molecule has 1 atom stereocenters. The van der Waals surface area contributed by atoms with Crippen molar-refractivity contribution in [3.05, 3.63) is 35.4 Å². The first-order chi connectivity index (χ1) is 8.95. The Labute approximate surface area is 117 Å². The van der Waals surface area contributed by atoms with Crippen LogP contribution in [0.1, 0.15) is 64.2 Å². The normalized spacial score (nSPS) is 13.5. The highest BCUT2D eigenvalue weighted by atomic mass is 16.5. The van der Waals surface area contributed by atoms with Gasteiger partial charge in [-0.05, 0) is 23.0 Å². The Morgan fingerprint density at radius 2 is 1.74 bits per heavy atom. The molecular weight excluding hydrogens is 236 g/mol. The zero-order valence-electron chi connectivity index (χ0n) is 12.8. The minimum absolute atomic E-state index is 0.153. The van der Waals surface area contributed by atoms with Gasteiger partial charge in [0.15, 0.2) is 0 Å². The molecule has 0 fully saturated rings. The number of rotatable bonds is 7. The molecule has 0 saturated carbocycles. The summed E-state index contributed by atoms with van der Waals surface area (Å²) in [4.78, 5) is 0. The Morgan fingerprint density at radius 3 is 2.26 bits per heavy atom. The van der Waals surface area contributed by atoms with Gasteiger partial charge in [0, 0.05) is 6.61 Å². The number of hydrogen-bond acceptors (Lipinski definition) is 2. The SMILES string of the molecule is CCCCCOCC(O)c1ccc(C(C)(C)C)cc1. The third kappa shape index (κ3) is 5.75. The van der Waals surface area contributed by atoms with Gasteiger partial charge >= 0.3 is 0 Å². The summed E-state index contributed by atoms with van der Waals surface area (Å²) in [6, 6.07) is 8.19. The Balaban J connectivity index is 2.42. The van der Waals surface area contributed by atoms with Crippen molar-refractivity contribution in [3.63, 3.8) is 0 Å². The van der Waals surface area contributed by atoms with Crippen LogP contribution < -0.4 is 0 Å². The van der Waals surface area contributed by atoms with Crippen LogP contribution in [0.15, 0.2) is 24.3 Å². The molecular formula is C17H28O2. The quantitative estimate of drug-likeness (QED) is 0.747. The van der Waals surface area contributed by atoms with Crippen molar-refractivity contribution >= 4 is 0 Å². The zero-order valence-corrected chi connectivity index (χ0v) is 12.8. The van der Waals surface area contributed by atoms with Crippen molar-refractivity contribution in [2.45, 2.75) is 58.5 Å². The third-order valence-corrected chi connectivity index (χ3v) is 3.33. The lowest BCUT2D eigenvalue weighted by atomic mass is 9.86. The van der Waals surface area contributed by atoms with E-state index in [1.54, 1.807) is 0 Å². The van der Waals surface area contributed by atoms with E-state index < -0.39 is 6.10 Å². The molecule has 1 unspecified atom stereocenters. The molecule has 0 heterocycles. The fourth-order valence-electron chi connectivity index (χ4n) is 1.95. The van der Waals surface area contributed by atoms with Gasteiger partial charge in [0.1, 0.15) is 6.10 Å². The highest BCUT2D eigenvalue weighted by molar-refractivity contribution is 5.28. The van der Waals surface area contributed by atoms with E-state index in [0.717, 1.165) is 18.6 Å². The molecule has 108 valence electrons. The number of aliphatic hydroxyl groups excluding tert-OH is 1. The molecule has 0 saturated heterocycles.